The number of benzene rings is 1. The number of carboxylic acids is 1. The summed E-state index contributed by atoms with van der Waals surface area (Å²) >= 11 is 1.45. The van der Waals surface area contributed by atoms with Gasteiger partial charge < -0.3 is 10.0 Å². The van der Waals surface area contributed by atoms with Gasteiger partial charge >= 0.3 is 5.97 Å². The number of carbonyl (C=O) groups excluding carboxylic acids is 2. The molecule has 0 spiro atoms. The minimum absolute atomic E-state index is 0.0115. The van der Waals surface area contributed by atoms with Crippen molar-refractivity contribution in [3.8, 4) is 22.4 Å². The molecule has 2 amide bonds. The number of nitrogens with zero attached hydrogens (tertiary/aromatic N) is 4. The quantitative estimate of drug-likeness (QED) is 0.304. The van der Waals surface area contributed by atoms with E-state index >= 15 is 0 Å². The van der Waals surface area contributed by atoms with E-state index in [9.17, 15) is 19.5 Å². The average Bonchev–Trinajstić information content (AvgIpc) is 3.31. The number of thiazole rings is 1. The third-order valence-electron chi connectivity index (χ3n) is 8.84. The van der Waals surface area contributed by atoms with Crippen molar-refractivity contribution < 1.29 is 19.5 Å². The van der Waals surface area contributed by atoms with Crippen molar-refractivity contribution in [1.82, 2.24) is 14.9 Å². The summed E-state index contributed by atoms with van der Waals surface area (Å²) < 4.78 is 0. The van der Waals surface area contributed by atoms with E-state index in [4.69, 9.17) is 9.97 Å². The molecule has 1 N–H and O–H groups in total. The summed E-state index contributed by atoms with van der Waals surface area (Å²) in [4.78, 5) is 50.8. The van der Waals surface area contributed by atoms with E-state index in [1.807, 2.05) is 55.0 Å². The van der Waals surface area contributed by atoms with E-state index in [0.717, 1.165) is 73.0 Å². The van der Waals surface area contributed by atoms with Gasteiger partial charge in [-0.1, -0.05) is 56.0 Å². The van der Waals surface area contributed by atoms with Crippen LogP contribution in [-0.4, -0.2) is 50.8 Å². The lowest BCUT2D eigenvalue weighted by Crippen LogP contribution is -2.39. The number of pyridine rings is 1. The highest BCUT2D eigenvalue weighted by atomic mass is 32.1. The Bertz CT molecular complexity index is 1430. The van der Waals surface area contributed by atoms with E-state index in [1.165, 1.54) is 11.3 Å². The zero-order valence-electron chi connectivity index (χ0n) is 23.4. The summed E-state index contributed by atoms with van der Waals surface area (Å²) in [5.41, 5.74) is 4.58. The fourth-order valence-electron chi connectivity index (χ4n) is 6.46. The number of hydrogen-bond acceptors (Lipinski definition) is 6. The Morgan fingerprint density at radius 3 is 2.46 bits per heavy atom. The summed E-state index contributed by atoms with van der Waals surface area (Å²) in [7, 11) is 1.83. The van der Waals surface area contributed by atoms with Crippen LogP contribution in [0.3, 0.4) is 0 Å². The van der Waals surface area contributed by atoms with E-state index in [-0.39, 0.29) is 30.3 Å². The molecule has 3 fully saturated rings. The van der Waals surface area contributed by atoms with Gasteiger partial charge in [-0.25, -0.2) is 4.98 Å². The molecule has 3 aromatic rings. The average molecular weight is 573 g/mol. The largest absolute Gasteiger partial charge is 0.481 e. The van der Waals surface area contributed by atoms with Crippen LogP contribution in [0.5, 0.6) is 0 Å². The van der Waals surface area contributed by atoms with Gasteiger partial charge in [-0.05, 0) is 43.2 Å². The predicted octanol–water partition coefficient (Wildman–Crippen LogP) is 6.33. The van der Waals surface area contributed by atoms with Crippen LogP contribution in [0.4, 0.5) is 5.13 Å². The van der Waals surface area contributed by atoms with Gasteiger partial charge in [0.05, 0.1) is 23.9 Å². The monoisotopic (exact) mass is 572 g/mol. The van der Waals surface area contributed by atoms with E-state index in [2.05, 4.69) is 0 Å². The van der Waals surface area contributed by atoms with Crippen molar-refractivity contribution in [3.05, 3.63) is 53.7 Å². The molecule has 2 aromatic heterocycles. The summed E-state index contributed by atoms with van der Waals surface area (Å²) in [6.45, 7) is 0. The second-order valence-electron chi connectivity index (χ2n) is 11.7. The van der Waals surface area contributed by atoms with Crippen LogP contribution in [-0.2, 0) is 14.4 Å². The van der Waals surface area contributed by atoms with Crippen molar-refractivity contribution in [2.24, 2.45) is 11.8 Å². The lowest BCUT2D eigenvalue weighted by atomic mass is 9.90. The van der Waals surface area contributed by atoms with Gasteiger partial charge in [-0.3, -0.25) is 24.3 Å². The van der Waals surface area contributed by atoms with Crippen molar-refractivity contribution in [1.29, 1.82) is 0 Å². The summed E-state index contributed by atoms with van der Waals surface area (Å²) in [6, 6.07) is 12.2. The van der Waals surface area contributed by atoms with Crippen LogP contribution in [0.15, 0.2) is 48.0 Å². The number of amides is 2. The number of aliphatic carboxylic acids is 1. The van der Waals surface area contributed by atoms with E-state index in [0.29, 0.717) is 23.9 Å². The fraction of sp³-hybridized carbons (Fsp3) is 0.469. The van der Waals surface area contributed by atoms with Gasteiger partial charge in [-0.15, -0.1) is 11.3 Å². The molecule has 1 saturated heterocycles. The van der Waals surface area contributed by atoms with Crippen molar-refractivity contribution in [3.63, 3.8) is 0 Å². The minimum Gasteiger partial charge on any atom is -0.481 e. The SMILES string of the molecule is CN1C(=O)CCC1c1ccc(-c2ccccc2-c2csc(N(C(=O)C(CC(=O)O)CC3CCCC3)C3CC3)n2)cn1. The van der Waals surface area contributed by atoms with Crippen molar-refractivity contribution in [2.45, 2.75) is 76.3 Å². The zero-order valence-corrected chi connectivity index (χ0v) is 24.2. The number of anilines is 1. The molecule has 0 bridgehead atoms. The fourth-order valence-corrected chi connectivity index (χ4v) is 7.36. The zero-order chi connectivity index (χ0) is 28.5. The van der Waals surface area contributed by atoms with Crippen LogP contribution in [0.2, 0.25) is 0 Å². The molecule has 3 aliphatic rings. The highest BCUT2D eigenvalue weighted by Gasteiger charge is 2.40. The van der Waals surface area contributed by atoms with Crippen molar-refractivity contribution >= 4 is 34.3 Å². The predicted molar refractivity (Wildman–Crippen MR) is 158 cm³/mol. The van der Waals surface area contributed by atoms with Crippen LogP contribution >= 0.6 is 11.3 Å². The van der Waals surface area contributed by atoms with Gasteiger partial charge in [0, 0.05) is 48.1 Å². The maximum atomic E-state index is 13.9. The molecule has 214 valence electrons. The number of aromatic nitrogens is 2. The maximum absolute atomic E-state index is 13.9. The molecule has 1 aliphatic heterocycles. The molecule has 1 aromatic carbocycles. The van der Waals surface area contributed by atoms with Gasteiger partial charge in [0.2, 0.25) is 11.8 Å². The van der Waals surface area contributed by atoms with E-state index < -0.39 is 11.9 Å². The standard InChI is InChI=1S/C32H36N4O4S/c1-35-28(14-15-29(35)37)26-13-10-21(18-33-26)24-8-4-5-9-25(24)27-19-41-32(34-27)36(23-11-12-23)31(40)22(17-30(38)39)16-20-6-2-3-7-20/h4-5,8-10,13,18-20,22-23,28H,2-3,6-7,11-12,14-17H2,1H3,(H,38,39). The molecular weight excluding hydrogens is 536 g/mol. The molecule has 2 aliphatic carbocycles. The lowest BCUT2D eigenvalue weighted by Gasteiger charge is -2.26. The van der Waals surface area contributed by atoms with Crippen molar-refractivity contribution in [2.75, 3.05) is 11.9 Å². The molecule has 2 saturated carbocycles. The third-order valence-corrected chi connectivity index (χ3v) is 9.68. The normalized spacial score (nSPS) is 20.0. The Labute approximate surface area is 244 Å². The minimum atomic E-state index is -0.920. The highest BCUT2D eigenvalue weighted by Crippen LogP contribution is 2.41. The Kier molecular flexibility index (Phi) is 7.88. The van der Waals surface area contributed by atoms with Gasteiger partial charge in [-0.2, -0.15) is 0 Å². The summed E-state index contributed by atoms with van der Waals surface area (Å²) in [6.07, 6.45) is 10.0. The molecule has 41 heavy (non-hydrogen) atoms. The van der Waals surface area contributed by atoms with Crippen LogP contribution in [0.1, 0.15) is 75.9 Å². The number of rotatable bonds is 10. The summed E-state index contributed by atoms with van der Waals surface area (Å²) in [5.74, 6) is -0.952. The molecule has 9 heteroatoms. The molecule has 3 heterocycles. The second kappa shape index (κ2) is 11.7. The number of carboxylic acid groups (broad SMARTS) is 1. The molecule has 2 unspecified atom stereocenters. The maximum Gasteiger partial charge on any atom is 0.304 e. The first kappa shape index (κ1) is 27.6. The topological polar surface area (TPSA) is 104 Å². The summed E-state index contributed by atoms with van der Waals surface area (Å²) in [5, 5.41) is 12.2. The first-order chi connectivity index (χ1) is 19.9. The number of hydrogen-bond donors (Lipinski definition) is 1. The first-order valence-corrected chi connectivity index (χ1v) is 15.6. The van der Waals surface area contributed by atoms with Crippen LogP contribution in [0, 0.1) is 11.8 Å². The highest BCUT2D eigenvalue weighted by molar-refractivity contribution is 7.14. The van der Waals surface area contributed by atoms with Gasteiger partial charge in [0.25, 0.3) is 0 Å². The van der Waals surface area contributed by atoms with E-state index in [1.54, 1.807) is 9.80 Å². The molecular formula is C32H36N4O4S. The van der Waals surface area contributed by atoms with Crippen LogP contribution in [0.25, 0.3) is 22.4 Å². The smallest absolute Gasteiger partial charge is 0.304 e. The Hall–Kier alpha value is -3.59. The first-order valence-electron chi connectivity index (χ1n) is 14.7. The Morgan fingerprint density at radius 1 is 1.07 bits per heavy atom. The van der Waals surface area contributed by atoms with Gasteiger partial charge in [0.1, 0.15) is 0 Å². The number of carbonyl (C=O) groups is 3. The number of likely N-dealkylation sites (tertiary alicyclic amines) is 1. The Balaban J connectivity index is 1.26. The molecule has 0 radical (unpaired) electrons. The molecule has 8 nitrogen and oxygen atoms in total. The third kappa shape index (κ3) is 5.91. The lowest BCUT2D eigenvalue weighted by molar-refractivity contribution is -0.141. The second-order valence-corrected chi connectivity index (χ2v) is 12.5. The Morgan fingerprint density at radius 2 is 1.83 bits per heavy atom. The van der Waals surface area contributed by atoms with Gasteiger partial charge in [0.15, 0.2) is 5.13 Å². The van der Waals surface area contributed by atoms with Crippen LogP contribution < -0.4 is 4.90 Å². The molecule has 2 atom stereocenters. The molecule has 6 rings (SSSR count).